The van der Waals surface area contributed by atoms with Gasteiger partial charge in [-0.25, -0.2) is 14.1 Å². The number of rotatable bonds is 9. The molecule has 0 aromatic heterocycles. The molecule has 53 heavy (non-hydrogen) atoms. The van der Waals surface area contributed by atoms with Gasteiger partial charge in [0.2, 0.25) is 0 Å². The first-order valence-electron chi connectivity index (χ1n) is 18.0. The van der Waals surface area contributed by atoms with Gasteiger partial charge in [-0.15, -0.1) is 0 Å². The third-order valence-corrected chi connectivity index (χ3v) is 10.2. The van der Waals surface area contributed by atoms with E-state index in [2.05, 4.69) is 34.5 Å². The first kappa shape index (κ1) is 33.9. The van der Waals surface area contributed by atoms with Crippen molar-refractivity contribution in [3.05, 3.63) is 160 Å². The zero-order valence-electron chi connectivity index (χ0n) is 29.3. The summed E-state index contributed by atoms with van der Waals surface area (Å²) in [6.45, 7) is 4.19. The second-order valence-electron chi connectivity index (χ2n) is 13.5. The second-order valence-corrected chi connectivity index (χ2v) is 13.5. The molecule has 3 heterocycles. The van der Waals surface area contributed by atoms with Crippen molar-refractivity contribution in [2.75, 3.05) is 29.5 Å². The Morgan fingerprint density at radius 1 is 0.755 bits per heavy atom. The number of nitrogens with zero attached hydrogens (tertiary/aromatic N) is 2. The van der Waals surface area contributed by atoms with Gasteiger partial charge in [-0.3, -0.25) is 14.9 Å². The zero-order valence-corrected chi connectivity index (χ0v) is 29.3. The standard InChI is InChI=1S/C44H38FN3O5/c1-2-52-40-24-29(15-18-39(40)53-27-28-13-16-32(45)17-14-28)23-38-42(49)46-44(51)48(43(38)50)33-25-36-34(30-9-5-3-6-10-30)19-21-47-22-20-35(37(26-33)41(36)47)31-11-7-4-8-12-31/h3-18,23-26,34-35H,2,19-22,27H2,1H3,(H,46,49,51)/b38-23+/t34-,35-/m0/s1. The molecule has 0 unspecified atom stereocenters. The van der Waals surface area contributed by atoms with E-state index in [0.717, 1.165) is 53.2 Å². The summed E-state index contributed by atoms with van der Waals surface area (Å²) in [7, 11) is 0. The Hall–Kier alpha value is -6.22. The topological polar surface area (TPSA) is 88.2 Å². The highest BCUT2D eigenvalue weighted by molar-refractivity contribution is 6.39. The fourth-order valence-electron chi connectivity index (χ4n) is 7.77. The average Bonchev–Trinajstić information content (AvgIpc) is 3.18. The van der Waals surface area contributed by atoms with E-state index in [1.54, 1.807) is 30.3 Å². The van der Waals surface area contributed by atoms with Crippen molar-refractivity contribution in [2.45, 2.75) is 38.2 Å². The monoisotopic (exact) mass is 707 g/mol. The number of anilines is 2. The SMILES string of the molecule is CCOc1cc(/C=C2\C(=O)NC(=O)N(c3cc4c5c(c3)[C@H](c3ccccc3)CCN5CC[C@H]4c3ccccc3)C2=O)ccc1OCc1ccc(F)cc1. The minimum Gasteiger partial charge on any atom is -0.490 e. The van der Waals surface area contributed by atoms with Gasteiger partial charge in [0, 0.05) is 30.6 Å². The second kappa shape index (κ2) is 14.4. The fourth-order valence-corrected chi connectivity index (χ4v) is 7.77. The average molecular weight is 708 g/mol. The lowest BCUT2D eigenvalue weighted by Crippen LogP contribution is -2.54. The number of carbonyl (C=O) groups excluding carboxylic acids is 3. The van der Waals surface area contributed by atoms with E-state index in [-0.39, 0.29) is 29.8 Å². The number of barbiturate groups is 1. The molecule has 0 bridgehead atoms. The molecule has 0 aliphatic carbocycles. The predicted molar refractivity (Wildman–Crippen MR) is 202 cm³/mol. The van der Waals surface area contributed by atoms with E-state index in [1.165, 1.54) is 29.3 Å². The van der Waals surface area contributed by atoms with Crippen molar-refractivity contribution in [2.24, 2.45) is 0 Å². The maximum absolute atomic E-state index is 14.3. The fraction of sp³-hybridized carbons (Fsp3) is 0.205. The van der Waals surface area contributed by atoms with Crippen molar-refractivity contribution in [1.29, 1.82) is 0 Å². The first-order valence-corrected chi connectivity index (χ1v) is 18.0. The maximum atomic E-state index is 14.3. The van der Waals surface area contributed by atoms with E-state index in [1.807, 2.05) is 55.5 Å². The number of imide groups is 2. The molecule has 0 spiro atoms. The van der Waals surface area contributed by atoms with E-state index >= 15 is 0 Å². The van der Waals surface area contributed by atoms with Crippen LogP contribution in [-0.2, 0) is 16.2 Å². The van der Waals surface area contributed by atoms with Crippen LogP contribution < -0.4 is 24.6 Å². The molecule has 1 fully saturated rings. The summed E-state index contributed by atoms with van der Waals surface area (Å²) in [4.78, 5) is 44.8. The number of ether oxygens (including phenoxy) is 2. The van der Waals surface area contributed by atoms with E-state index in [0.29, 0.717) is 29.4 Å². The molecule has 3 aliphatic heterocycles. The predicted octanol–water partition coefficient (Wildman–Crippen LogP) is 8.35. The Balaban J connectivity index is 1.17. The summed E-state index contributed by atoms with van der Waals surface area (Å²) in [6.07, 6.45) is 3.25. The molecule has 1 saturated heterocycles. The zero-order chi connectivity index (χ0) is 36.5. The van der Waals surface area contributed by atoms with Gasteiger partial charge < -0.3 is 14.4 Å². The lowest BCUT2D eigenvalue weighted by molar-refractivity contribution is -0.122. The highest BCUT2D eigenvalue weighted by Gasteiger charge is 2.40. The maximum Gasteiger partial charge on any atom is 0.335 e. The van der Waals surface area contributed by atoms with Crippen LogP contribution in [0.15, 0.2) is 121 Å². The Bertz CT molecular complexity index is 2150. The minimum atomic E-state index is -0.792. The molecule has 1 N–H and O–H groups in total. The van der Waals surface area contributed by atoms with Gasteiger partial charge in [0.1, 0.15) is 18.0 Å². The molecule has 8 nitrogen and oxygen atoms in total. The number of hydrogen-bond donors (Lipinski definition) is 1. The Kier molecular flexibility index (Phi) is 9.22. The number of nitrogens with one attached hydrogen (secondary N) is 1. The quantitative estimate of drug-likeness (QED) is 0.122. The molecule has 266 valence electrons. The smallest absolute Gasteiger partial charge is 0.335 e. The molecule has 3 aliphatic rings. The minimum absolute atomic E-state index is 0.0658. The molecule has 2 atom stereocenters. The first-order chi connectivity index (χ1) is 25.9. The summed E-state index contributed by atoms with van der Waals surface area (Å²) in [5.41, 5.74) is 7.18. The summed E-state index contributed by atoms with van der Waals surface area (Å²) in [6, 6.07) is 34.9. The van der Waals surface area contributed by atoms with Crippen molar-refractivity contribution < 1.29 is 28.2 Å². The van der Waals surface area contributed by atoms with Crippen molar-refractivity contribution in [1.82, 2.24) is 5.32 Å². The van der Waals surface area contributed by atoms with E-state index < -0.39 is 17.8 Å². The molecule has 5 aromatic carbocycles. The lowest BCUT2D eigenvalue weighted by Gasteiger charge is -2.44. The largest absolute Gasteiger partial charge is 0.490 e. The summed E-state index contributed by atoms with van der Waals surface area (Å²) in [5.74, 6) is -0.821. The van der Waals surface area contributed by atoms with Crippen LogP contribution in [0.25, 0.3) is 6.08 Å². The summed E-state index contributed by atoms with van der Waals surface area (Å²) in [5, 5.41) is 2.41. The number of urea groups is 1. The molecule has 5 aromatic rings. The van der Waals surface area contributed by atoms with Crippen molar-refractivity contribution >= 4 is 35.3 Å². The van der Waals surface area contributed by atoms with Crippen LogP contribution in [0.5, 0.6) is 11.5 Å². The highest BCUT2D eigenvalue weighted by Crippen LogP contribution is 2.50. The molecule has 9 heteroatoms. The number of carbonyl (C=O) groups is 3. The van der Waals surface area contributed by atoms with Gasteiger partial charge in [0.05, 0.1) is 12.3 Å². The third kappa shape index (κ3) is 6.66. The van der Waals surface area contributed by atoms with Crippen molar-refractivity contribution in [3.63, 3.8) is 0 Å². The van der Waals surface area contributed by atoms with E-state index in [9.17, 15) is 18.8 Å². The highest BCUT2D eigenvalue weighted by atomic mass is 19.1. The summed E-state index contributed by atoms with van der Waals surface area (Å²) >= 11 is 0. The molecule has 4 amide bonds. The van der Waals surface area contributed by atoms with Gasteiger partial charge >= 0.3 is 6.03 Å². The Morgan fingerprint density at radius 3 is 1.98 bits per heavy atom. The Labute approximate surface area is 307 Å². The normalized spacial score (nSPS) is 18.8. The number of benzene rings is 5. The van der Waals surface area contributed by atoms with Crippen LogP contribution in [0.1, 0.15) is 65.0 Å². The van der Waals surface area contributed by atoms with Gasteiger partial charge in [-0.05, 0) is 95.6 Å². The molecular formula is C44H38FN3O5. The van der Waals surface area contributed by atoms with Crippen LogP contribution >= 0.6 is 0 Å². The lowest BCUT2D eigenvalue weighted by atomic mass is 9.76. The van der Waals surface area contributed by atoms with E-state index in [4.69, 9.17) is 9.47 Å². The molecule has 0 saturated carbocycles. The van der Waals surface area contributed by atoms with Crippen LogP contribution in [-0.4, -0.2) is 37.5 Å². The van der Waals surface area contributed by atoms with Crippen LogP contribution in [0.2, 0.25) is 0 Å². The number of amides is 4. The van der Waals surface area contributed by atoms with Crippen LogP contribution in [0.4, 0.5) is 20.6 Å². The van der Waals surface area contributed by atoms with Crippen LogP contribution in [0.3, 0.4) is 0 Å². The number of hydrogen-bond acceptors (Lipinski definition) is 6. The van der Waals surface area contributed by atoms with Gasteiger partial charge in [0.25, 0.3) is 11.8 Å². The van der Waals surface area contributed by atoms with Gasteiger partial charge in [-0.2, -0.15) is 0 Å². The summed E-state index contributed by atoms with van der Waals surface area (Å²) < 4.78 is 25.2. The van der Waals surface area contributed by atoms with Gasteiger partial charge in [0.15, 0.2) is 11.5 Å². The van der Waals surface area contributed by atoms with Gasteiger partial charge in [-0.1, -0.05) is 78.9 Å². The number of halogens is 1. The molecule has 0 radical (unpaired) electrons. The molecular weight excluding hydrogens is 669 g/mol. The Morgan fingerprint density at radius 2 is 1.38 bits per heavy atom. The molecule has 8 rings (SSSR count). The van der Waals surface area contributed by atoms with Crippen LogP contribution in [0, 0.1) is 5.82 Å². The third-order valence-electron chi connectivity index (χ3n) is 10.2. The van der Waals surface area contributed by atoms with Crippen molar-refractivity contribution in [3.8, 4) is 11.5 Å².